The molecule has 0 bridgehead atoms. The third-order valence-electron chi connectivity index (χ3n) is 2.75. The van der Waals surface area contributed by atoms with Crippen LogP contribution in [0.25, 0.3) is 0 Å². The first-order valence-electron chi connectivity index (χ1n) is 5.91. The highest BCUT2D eigenvalue weighted by molar-refractivity contribution is 5.99. The van der Waals surface area contributed by atoms with E-state index >= 15 is 0 Å². The summed E-state index contributed by atoms with van der Waals surface area (Å²) in [5, 5.41) is 0. The Labute approximate surface area is 108 Å². The first kappa shape index (κ1) is 14.5. The second kappa shape index (κ2) is 6.98. The SMILES string of the molecule is COCCCN(C)C(=O)c1ccc(C)cc1NN. The molecule has 0 spiro atoms. The van der Waals surface area contributed by atoms with E-state index in [4.69, 9.17) is 10.6 Å². The van der Waals surface area contributed by atoms with Gasteiger partial charge in [0.25, 0.3) is 5.91 Å². The Balaban J connectivity index is 2.76. The summed E-state index contributed by atoms with van der Waals surface area (Å²) in [7, 11) is 3.43. The van der Waals surface area contributed by atoms with Crippen molar-refractivity contribution >= 4 is 11.6 Å². The number of nitrogen functional groups attached to an aromatic ring is 1. The number of aryl methyl sites for hydroxylation is 1. The number of nitrogens with two attached hydrogens (primary N) is 1. The van der Waals surface area contributed by atoms with Gasteiger partial charge in [0.15, 0.2) is 0 Å². The van der Waals surface area contributed by atoms with Crippen LogP contribution in [-0.2, 0) is 4.74 Å². The van der Waals surface area contributed by atoms with Crippen molar-refractivity contribution in [2.24, 2.45) is 5.84 Å². The van der Waals surface area contributed by atoms with Crippen LogP contribution in [-0.4, -0.2) is 38.1 Å². The molecule has 5 nitrogen and oxygen atoms in total. The Morgan fingerprint density at radius 2 is 2.22 bits per heavy atom. The number of carbonyl (C=O) groups excluding carboxylic acids is 1. The van der Waals surface area contributed by atoms with E-state index in [1.807, 2.05) is 19.1 Å². The standard InChI is InChI=1S/C13H21N3O2/c1-10-5-6-11(12(9-10)15-14)13(17)16(2)7-4-8-18-3/h5-6,9,15H,4,7-8,14H2,1-3H3. The molecule has 1 aromatic rings. The van der Waals surface area contributed by atoms with Crippen molar-refractivity contribution in [1.82, 2.24) is 4.90 Å². The number of hydrogen-bond acceptors (Lipinski definition) is 4. The molecule has 0 fully saturated rings. The second-order valence-electron chi connectivity index (χ2n) is 4.27. The number of anilines is 1. The topological polar surface area (TPSA) is 67.6 Å². The zero-order valence-electron chi connectivity index (χ0n) is 11.2. The predicted molar refractivity (Wildman–Crippen MR) is 72.4 cm³/mol. The van der Waals surface area contributed by atoms with Gasteiger partial charge in [-0.25, -0.2) is 0 Å². The highest BCUT2D eigenvalue weighted by atomic mass is 16.5. The number of nitrogens with zero attached hydrogens (tertiary/aromatic N) is 1. The minimum atomic E-state index is -0.0425. The van der Waals surface area contributed by atoms with E-state index in [1.54, 1.807) is 25.1 Å². The van der Waals surface area contributed by atoms with Crippen molar-refractivity contribution in [3.63, 3.8) is 0 Å². The summed E-state index contributed by atoms with van der Waals surface area (Å²) >= 11 is 0. The number of nitrogens with one attached hydrogen (secondary N) is 1. The van der Waals surface area contributed by atoms with E-state index in [2.05, 4.69) is 5.43 Å². The van der Waals surface area contributed by atoms with Gasteiger partial charge < -0.3 is 15.1 Å². The number of rotatable bonds is 6. The van der Waals surface area contributed by atoms with Crippen LogP contribution in [0.15, 0.2) is 18.2 Å². The molecule has 0 unspecified atom stereocenters. The van der Waals surface area contributed by atoms with Gasteiger partial charge in [0.05, 0.1) is 11.3 Å². The number of benzene rings is 1. The molecule has 0 radical (unpaired) electrons. The van der Waals surface area contributed by atoms with Crippen molar-refractivity contribution in [3.05, 3.63) is 29.3 Å². The molecular formula is C13H21N3O2. The highest BCUT2D eigenvalue weighted by Gasteiger charge is 2.15. The molecule has 1 aromatic carbocycles. The quantitative estimate of drug-likeness (QED) is 0.455. The van der Waals surface area contributed by atoms with Gasteiger partial charge in [-0.2, -0.15) is 0 Å². The molecule has 0 aliphatic heterocycles. The van der Waals surface area contributed by atoms with Crippen molar-refractivity contribution in [1.29, 1.82) is 0 Å². The number of methoxy groups -OCH3 is 1. The zero-order valence-corrected chi connectivity index (χ0v) is 11.2. The zero-order chi connectivity index (χ0) is 13.5. The summed E-state index contributed by atoms with van der Waals surface area (Å²) in [5.41, 5.74) is 4.86. The van der Waals surface area contributed by atoms with Gasteiger partial charge in [0.2, 0.25) is 0 Å². The summed E-state index contributed by atoms with van der Waals surface area (Å²) < 4.78 is 4.97. The lowest BCUT2D eigenvalue weighted by Crippen LogP contribution is -2.29. The van der Waals surface area contributed by atoms with E-state index in [0.29, 0.717) is 24.4 Å². The molecule has 0 saturated carbocycles. The largest absolute Gasteiger partial charge is 0.385 e. The fourth-order valence-corrected chi connectivity index (χ4v) is 1.72. The number of amides is 1. The van der Waals surface area contributed by atoms with E-state index in [1.165, 1.54) is 0 Å². The lowest BCUT2D eigenvalue weighted by molar-refractivity contribution is 0.0780. The molecule has 0 heterocycles. The molecule has 3 N–H and O–H groups in total. The molecule has 18 heavy (non-hydrogen) atoms. The average molecular weight is 251 g/mol. The van der Waals surface area contributed by atoms with Crippen LogP contribution in [0.3, 0.4) is 0 Å². The van der Waals surface area contributed by atoms with Crippen molar-refractivity contribution in [2.45, 2.75) is 13.3 Å². The van der Waals surface area contributed by atoms with Gasteiger partial charge in [-0.3, -0.25) is 10.6 Å². The number of hydrazine groups is 1. The first-order chi connectivity index (χ1) is 8.60. The Hall–Kier alpha value is -1.59. The third-order valence-corrected chi connectivity index (χ3v) is 2.75. The summed E-state index contributed by atoms with van der Waals surface area (Å²) in [6.07, 6.45) is 0.815. The van der Waals surface area contributed by atoms with Gasteiger partial charge in [0.1, 0.15) is 0 Å². The van der Waals surface area contributed by atoms with E-state index in [0.717, 1.165) is 12.0 Å². The van der Waals surface area contributed by atoms with E-state index in [-0.39, 0.29) is 5.91 Å². The molecule has 0 aliphatic rings. The number of carbonyl (C=O) groups is 1. The summed E-state index contributed by atoms with van der Waals surface area (Å²) in [4.78, 5) is 13.9. The van der Waals surface area contributed by atoms with Gasteiger partial charge in [-0.1, -0.05) is 6.07 Å². The molecule has 0 saturated heterocycles. The molecule has 0 atom stereocenters. The highest BCUT2D eigenvalue weighted by Crippen LogP contribution is 2.18. The van der Waals surface area contributed by atoms with Gasteiger partial charge >= 0.3 is 0 Å². The molecule has 0 aliphatic carbocycles. The second-order valence-corrected chi connectivity index (χ2v) is 4.27. The van der Waals surface area contributed by atoms with Crippen molar-refractivity contribution in [2.75, 3.05) is 32.7 Å². The maximum Gasteiger partial charge on any atom is 0.255 e. The molecule has 1 rings (SSSR count). The Morgan fingerprint density at radius 1 is 1.50 bits per heavy atom. The Bertz CT molecular complexity index is 407. The minimum absolute atomic E-state index is 0.0425. The average Bonchev–Trinajstić information content (AvgIpc) is 2.37. The summed E-state index contributed by atoms with van der Waals surface area (Å²) in [6.45, 7) is 3.26. The lowest BCUT2D eigenvalue weighted by Gasteiger charge is -2.19. The Morgan fingerprint density at radius 3 is 2.83 bits per heavy atom. The van der Waals surface area contributed by atoms with Crippen LogP contribution in [0.2, 0.25) is 0 Å². The smallest absolute Gasteiger partial charge is 0.255 e. The molecular weight excluding hydrogens is 230 g/mol. The molecule has 100 valence electrons. The fraction of sp³-hybridized carbons (Fsp3) is 0.462. The van der Waals surface area contributed by atoms with Crippen LogP contribution >= 0.6 is 0 Å². The van der Waals surface area contributed by atoms with Crippen molar-refractivity contribution < 1.29 is 9.53 Å². The summed E-state index contributed by atoms with van der Waals surface area (Å²) in [5.74, 6) is 5.40. The number of ether oxygens (including phenoxy) is 1. The molecule has 0 aromatic heterocycles. The maximum atomic E-state index is 12.2. The monoisotopic (exact) mass is 251 g/mol. The van der Waals surface area contributed by atoms with Crippen LogP contribution < -0.4 is 11.3 Å². The Kier molecular flexibility index (Phi) is 5.61. The number of hydrogen-bond donors (Lipinski definition) is 2. The van der Waals surface area contributed by atoms with E-state index in [9.17, 15) is 4.79 Å². The molecule has 1 amide bonds. The van der Waals surface area contributed by atoms with Crippen LogP contribution in [0.1, 0.15) is 22.3 Å². The van der Waals surface area contributed by atoms with Crippen LogP contribution in [0, 0.1) is 6.92 Å². The van der Waals surface area contributed by atoms with Crippen molar-refractivity contribution in [3.8, 4) is 0 Å². The maximum absolute atomic E-state index is 12.2. The fourth-order valence-electron chi connectivity index (χ4n) is 1.72. The van der Waals surface area contributed by atoms with E-state index < -0.39 is 0 Å². The normalized spacial score (nSPS) is 10.2. The van der Waals surface area contributed by atoms with Gasteiger partial charge in [-0.05, 0) is 31.0 Å². The third kappa shape index (κ3) is 3.72. The lowest BCUT2D eigenvalue weighted by atomic mass is 10.1. The minimum Gasteiger partial charge on any atom is -0.385 e. The van der Waals surface area contributed by atoms with Gasteiger partial charge in [0, 0.05) is 27.3 Å². The molecule has 5 heteroatoms. The van der Waals surface area contributed by atoms with Gasteiger partial charge in [-0.15, -0.1) is 0 Å². The van der Waals surface area contributed by atoms with Crippen LogP contribution in [0.4, 0.5) is 5.69 Å². The summed E-state index contributed by atoms with van der Waals surface area (Å²) in [6, 6.07) is 5.55. The first-order valence-corrected chi connectivity index (χ1v) is 5.91. The predicted octanol–water partition coefficient (Wildman–Crippen LogP) is 1.39. The van der Waals surface area contributed by atoms with Crippen LogP contribution in [0.5, 0.6) is 0 Å².